The zero-order valence-corrected chi connectivity index (χ0v) is 8.50. The first kappa shape index (κ1) is 8.87. The van der Waals surface area contributed by atoms with Crippen molar-refractivity contribution in [3.63, 3.8) is 0 Å². The molecule has 0 aromatic rings. The normalized spacial score (nSPS) is 27.4. The van der Waals surface area contributed by atoms with Crippen molar-refractivity contribution in [1.82, 2.24) is 4.57 Å². The van der Waals surface area contributed by atoms with Gasteiger partial charge in [0, 0.05) is 0 Å². The molecule has 0 amide bonds. The summed E-state index contributed by atoms with van der Waals surface area (Å²) < 4.78 is 2.31. The number of rotatable bonds is 2. The average molecular weight is 172 g/mol. The Morgan fingerprint density at radius 2 is 2.09 bits per heavy atom. The van der Waals surface area contributed by atoms with E-state index in [1.807, 2.05) is 0 Å². The molecule has 0 radical (unpaired) electrons. The minimum atomic E-state index is -1.27. The van der Waals surface area contributed by atoms with Gasteiger partial charge in [-0.05, 0) is 19.4 Å². The molecule has 0 bridgehead atoms. The SMILES string of the molecule is C[Si](C)(C)N1CCCC1N=O. The van der Waals surface area contributed by atoms with Crippen molar-refractivity contribution >= 4 is 8.24 Å². The summed E-state index contributed by atoms with van der Waals surface area (Å²) in [6.45, 7) is 7.86. The molecular weight excluding hydrogens is 156 g/mol. The van der Waals surface area contributed by atoms with Crippen molar-refractivity contribution in [2.24, 2.45) is 5.18 Å². The summed E-state index contributed by atoms with van der Waals surface area (Å²) in [5.74, 6) is 0. The molecule has 0 N–H and O–H groups in total. The average Bonchev–Trinajstić information content (AvgIpc) is 2.31. The lowest BCUT2D eigenvalue weighted by Gasteiger charge is -2.31. The van der Waals surface area contributed by atoms with E-state index in [2.05, 4.69) is 29.4 Å². The number of hydrogen-bond acceptors (Lipinski definition) is 3. The van der Waals surface area contributed by atoms with Crippen molar-refractivity contribution in [1.29, 1.82) is 0 Å². The predicted octanol–water partition coefficient (Wildman–Crippen LogP) is 2.01. The maximum absolute atomic E-state index is 10.4. The summed E-state index contributed by atoms with van der Waals surface area (Å²) in [4.78, 5) is 10.4. The monoisotopic (exact) mass is 172 g/mol. The fourth-order valence-corrected chi connectivity index (χ4v) is 3.54. The van der Waals surface area contributed by atoms with Gasteiger partial charge in [0.2, 0.25) is 0 Å². The van der Waals surface area contributed by atoms with Crippen LogP contribution in [-0.2, 0) is 0 Å². The molecule has 0 saturated carbocycles. The highest BCUT2D eigenvalue weighted by molar-refractivity contribution is 6.73. The predicted molar refractivity (Wildman–Crippen MR) is 48.9 cm³/mol. The second-order valence-corrected chi connectivity index (χ2v) is 9.01. The lowest BCUT2D eigenvalue weighted by atomic mass is 10.3. The van der Waals surface area contributed by atoms with Gasteiger partial charge in [-0.1, -0.05) is 24.8 Å². The summed E-state index contributed by atoms with van der Waals surface area (Å²) in [6, 6.07) is 0. The van der Waals surface area contributed by atoms with Crippen LogP contribution in [0.4, 0.5) is 0 Å². The molecule has 0 aromatic carbocycles. The maximum Gasteiger partial charge on any atom is 0.138 e. The van der Waals surface area contributed by atoms with Crippen LogP contribution in [0.3, 0.4) is 0 Å². The molecule has 4 heteroatoms. The quantitative estimate of drug-likeness (QED) is 0.471. The first-order valence-electron chi connectivity index (χ1n) is 4.15. The van der Waals surface area contributed by atoms with Gasteiger partial charge in [-0.15, -0.1) is 4.91 Å². The minimum Gasteiger partial charge on any atom is -0.301 e. The van der Waals surface area contributed by atoms with Gasteiger partial charge in [0.15, 0.2) is 0 Å². The molecule has 0 aromatic heterocycles. The molecule has 1 aliphatic rings. The topological polar surface area (TPSA) is 32.7 Å². The van der Waals surface area contributed by atoms with Gasteiger partial charge < -0.3 is 4.57 Å². The van der Waals surface area contributed by atoms with Crippen molar-refractivity contribution in [3.05, 3.63) is 4.91 Å². The Balaban J connectivity index is 2.63. The van der Waals surface area contributed by atoms with E-state index in [4.69, 9.17) is 0 Å². The Labute approximate surface area is 68.8 Å². The Bertz CT molecular complexity index is 155. The third-order valence-electron chi connectivity index (χ3n) is 2.20. The van der Waals surface area contributed by atoms with Crippen LogP contribution >= 0.6 is 0 Å². The van der Waals surface area contributed by atoms with E-state index >= 15 is 0 Å². The highest BCUT2D eigenvalue weighted by Gasteiger charge is 2.34. The summed E-state index contributed by atoms with van der Waals surface area (Å²) in [5.41, 5.74) is 0. The van der Waals surface area contributed by atoms with Crippen molar-refractivity contribution in [2.75, 3.05) is 6.54 Å². The molecule has 3 nitrogen and oxygen atoms in total. The van der Waals surface area contributed by atoms with Crippen LogP contribution in [0.5, 0.6) is 0 Å². The van der Waals surface area contributed by atoms with Gasteiger partial charge in [0.1, 0.15) is 14.4 Å². The third-order valence-corrected chi connectivity index (χ3v) is 4.45. The fourth-order valence-electron chi connectivity index (χ4n) is 1.64. The summed E-state index contributed by atoms with van der Waals surface area (Å²) in [6.07, 6.45) is 2.09. The largest absolute Gasteiger partial charge is 0.301 e. The van der Waals surface area contributed by atoms with E-state index in [9.17, 15) is 4.91 Å². The van der Waals surface area contributed by atoms with E-state index in [1.54, 1.807) is 0 Å². The fraction of sp³-hybridized carbons (Fsp3) is 1.00. The van der Waals surface area contributed by atoms with Crippen LogP contribution in [0.1, 0.15) is 12.8 Å². The van der Waals surface area contributed by atoms with Gasteiger partial charge >= 0.3 is 0 Å². The lowest BCUT2D eigenvalue weighted by Crippen LogP contribution is -2.47. The molecule has 0 spiro atoms. The highest BCUT2D eigenvalue weighted by Crippen LogP contribution is 2.24. The number of nitrogens with zero attached hydrogens (tertiary/aromatic N) is 2. The van der Waals surface area contributed by atoms with Gasteiger partial charge in [-0.25, -0.2) is 0 Å². The van der Waals surface area contributed by atoms with Crippen LogP contribution in [0.2, 0.25) is 19.6 Å². The molecule has 1 aliphatic heterocycles. The van der Waals surface area contributed by atoms with Crippen LogP contribution < -0.4 is 0 Å². The Kier molecular flexibility index (Phi) is 2.44. The van der Waals surface area contributed by atoms with E-state index in [0.29, 0.717) is 0 Å². The van der Waals surface area contributed by atoms with E-state index in [-0.39, 0.29) is 6.17 Å². The van der Waals surface area contributed by atoms with Crippen LogP contribution in [0.25, 0.3) is 0 Å². The summed E-state index contributed by atoms with van der Waals surface area (Å²) in [7, 11) is -1.27. The highest BCUT2D eigenvalue weighted by atomic mass is 28.3. The van der Waals surface area contributed by atoms with Crippen LogP contribution in [-0.4, -0.2) is 25.5 Å². The van der Waals surface area contributed by atoms with Crippen molar-refractivity contribution in [2.45, 2.75) is 38.6 Å². The van der Waals surface area contributed by atoms with Gasteiger partial charge in [0.05, 0.1) is 0 Å². The molecule has 1 atom stereocenters. The Hall–Kier alpha value is -0.223. The minimum absolute atomic E-state index is 0.0123. The number of nitroso groups, excluding NO2 is 1. The molecule has 1 fully saturated rings. The molecule has 1 heterocycles. The molecule has 11 heavy (non-hydrogen) atoms. The smallest absolute Gasteiger partial charge is 0.138 e. The standard InChI is InChI=1S/C7H16N2OSi/c1-11(2,3)9-6-4-5-7(9)8-10/h7H,4-6H2,1-3H3. The lowest BCUT2D eigenvalue weighted by molar-refractivity contribution is 0.403. The molecule has 1 rings (SSSR count). The van der Waals surface area contributed by atoms with Gasteiger partial charge in [-0.3, -0.25) is 0 Å². The van der Waals surface area contributed by atoms with E-state index < -0.39 is 8.24 Å². The third kappa shape index (κ3) is 1.87. The zero-order valence-electron chi connectivity index (χ0n) is 7.50. The first-order chi connectivity index (χ1) is 5.05. The zero-order chi connectivity index (χ0) is 8.48. The molecule has 1 unspecified atom stereocenters. The summed E-state index contributed by atoms with van der Waals surface area (Å²) >= 11 is 0. The molecule has 64 valence electrons. The summed E-state index contributed by atoms with van der Waals surface area (Å²) in [5, 5.41) is 3.15. The first-order valence-corrected chi connectivity index (χ1v) is 7.59. The van der Waals surface area contributed by atoms with Gasteiger partial charge in [-0.2, -0.15) is 0 Å². The Morgan fingerprint density at radius 3 is 2.45 bits per heavy atom. The molecular formula is C7H16N2OSi. The van der Waals surface area contributed by atoms with Crippen LogP contribution in [0.15, 0.2) is 5.18 Å². The molecule has 0 aliphatic carbocycles. The molecule has 1 saturated heterocycles. The van der Waals surface area contributed by atoms with Crippen molar-refractivity contribution < 1.29 is 0 Å². The van der Waals surface area contributed by atoms with Crippen molar-refractivity contribution in [3.8, 4) is 0 Å². The second kappa shape index (κ2) is 3.03. The Morgan fingerprint density at radius 1 is 1.45 bits per heavy atom. The number of hydrogen-bond donors (Lipinski definition) is 0. The van der Waals surface area contributed by atoms with E-state index in [0.717, 1.165) is 19.4 Å². The maximum atomic E-state index is 10.4. The van der Waals surface area contributed by atoms with E-state index in [1.165, 1.54) is 0 Å². The second-order valence-electron chi connectivity index (χ2n) is 4.09. The van der Waals surface area contributed by atoms with Crippen LogP contribution in [0, 0.1) is 4.91 Å². The van der Waals surface area contributed by atoms with Gasteiger partial charge in [0.25, 0.3) is 0 Å².